The van der Waals surface area contributed by atoms with E-state index in [-0.39, 0.29) is 30.3 Å². The van der Waals surface area contributed by atoms with Crippen LogP contribution < -0.4 is 25.4 Å². The van der Waals surface area contributed by atoms with Crippen LogP contribution in [-0.2, 0) is 17.6 Å². The van der Waals surface area contributed by atoms with Crippen molar-refractivity contribution in [2.45, 2.75) is 45.3 Å². The third kappa shape index (κ3) is 5.35. The summed E-state index contributed by atoms with van der Waals surface area (Å²) in [6.45, 7) is 5.45. The second-order valence-electron chi connectivity index (χ2n) is 9.76. The first-order chi connectivity index (χ1) is 17.2. The van der Waals surface area contributed by atoms with E-state index in [2.05, 4.69) is 33.1 Å². The molecule has 0 spiro atoms. The Morgan fingerprint density at radius 3 is 2.47 bits per heavy atom. The number of pyridine rings is 1. The Bertz CT molecular complexity index is 1290. The van der Waals surface area contributed by atoms with Crippen LogP contribution in [-0.4, -0.2) is 35.4 Å². The molecule has 1 aromatic heterocycles. The lowest BCUT2D eigenvalue weighted by molar-refractivity contribution is 0.0634. The number of rotatable bonds is 5. The fraction of sp³-hybridized carbons (Fsp3) is 0.296. The molecule has 0 unspecified atom stereocenters. The third-order valence-corrected chi connectivity index (χ3v) is 5.75. The number of carbonyl (C=O) groups excluding carboxylic acids is 2. The number of amides is 2. The average molecular weight is 489 g/mol. The fourth-order valence-electron chi connectivity index (χ4n) is 4.30. The molecule has 2 heterocycles. The van der Waals surface area contributed by atoms with Crippen LogP contribution in [0.3, 0.4) is 0 Å². The van der Waals surface area contributed by atoms with Crippen molar-refractivity contribution >= 4 is 29.2 Å². The predicted octanol–water partition coefficient (Wildman–Crippen LogP) is 4.80. The van der Waals surface area contributed by atoms with Gasteiger partial charge in [-0.3, -0.25) is 10.1 Å². The van der Waals surface area contributed by atoms with E-state index in [0.29, 0.717) is 22.9 Å². The zero-order valence-corrected chi connectivity index (χ0v) is 20.4. The van der Waals surface area contributed by atoms with Gasteiger partial charge in [0.1, 0.15) is 17.1 Å². The van der Waals surface area contributed by atoms with Crippen LogP contribution >= 0.6 is 0 Å². The maximum absolute atomic E-state index is 13.2. The molecule has 0 saturated carbocycles. The molecule has 5 rings (SSSR count). The number of hydrogen-bond acceptors (Lipinski definition) is 7. The molecule has 1 aliphatic carbocycles. The van der Waals surface area contributed by atoms with Gasteiger partial charge in [0.15, 0.2) is 11.5 Å². The van der Waals surface area contributed by atoms with Crippen molar-refractivity contribution in [3.63, 3.8) is 0 Å². The van der Waals surface area contributed by atoms with Crippen molar-refractivity contribution in [3.05, 3.63) is 71.4 Å². The minimum absolute atomic E-state index is 0.0291. The van der Waals surface area contributed by atoms with E-state index in [1.54, 1.807) is 32.9 Å². The summed E-state index contributed by atoms with van der Waals surface area (Å²) in [6.07, 6.45) is 0.856. The van der Waals surface area contributed by atoms with Gasteiger partial charge in [0.2, 0.25) is 6.79 Å². The van der Waals surface area contributed by atoms with Crippen molar-refractivity contribution < 1.29 is 23.8 Å². The van der Waals surface area contributed by atoms with Gasteiger partial charge in [-0.1, -0.05) is 30.3 Å². The smallest absolute Gasteiger partial charge is 0.413 e. The number of aromatic nitrogens is 1. The number of anilines is 3. The summed E-state index contributed by atoms with van der Waals surface area (Å²) in [5.41, 5.74) is 3.15. The van der Waals surface area contributed by atoms with Crippen molar-refractivity contribution in [2.75, 3.05) is 17.4 Å². The second-order valence-corrected chi connectivity index (χ2v) is 9.76. The molecule has 186 valence electrons. The van der Waals surface area contributed by atoms with E-state index >= 15 is 0 Å². The summed E-state index contributed by atoms with van der Waals surface area (Å²) in [6, 6.07) is 16.9. The van der Waals surface area contributed by atoms with Crippen LogP contribution in [0.15, 0.2) is 54.6 Å². The SMILES string of the molecule is CC(C)(C)OC(=O)Nc1cc(Nc2cccc3c2OCO3)cc(C(=O)NC2Cc3ccccc3C2)n1. The Morgan fingerprint density at radius 1 is 1.00 bits per heavy atom. The Hall–Kier alpha value is -4.27. The first-order valence-corrected chi connectivity index (χ1v) is 11.8. The van der Waals surface area contributed by atoms with E-state index in [9.17, 15) is 9.59 Å². The molecule has 3 N–H and O–H groups in total. The molecule has 0 fully saturated rings. The molecule has 3 aromatic rings. The summed E-state index contributed by atoms with van der Waals surface area (Å²) in [5, 5.41) is 8.96. The lowest BCUT2D eigenvalue weighted by atomic mass is 10.1. The van der Waals surface area contributed by atoms with E-state index in [1.165, 1.54) is 11.1 Å². The van der Waals surface area contributed by atoms with Crippen LogP contribution in [0.1, 0.15) is 42.4 Å². The normalized spacial score (nSPS) is 14.2. The average Bonchev–Trinajstić information content (AvgIpc) is 3.44. The predicted molar refractivity (Wildman–Crippen MR) is 135 cm³/mol. The summed E-state index contributed by atoms with van der Waals surface area (Å²) in [7, 11) is 0. The van der Waals surface area contributed by atoms with Gasteiger partial charge in [0, 0.05) is 17.8 Å². The lowest BCUT2D eigenvalue weighted by Crippen LogP contribution is -2.36. The minimum Gasteiger partial charge on any atom is -0.454 e. The maximum Gasteiger partial charge on any atom is 0.413 e. The summed E-state index contributed by atoms with van der Waals surface area (Å²) in [4.78, 5) is 30.0. The molecule has 0 atom stereocenters. The standard InChI is InChI=1S/C27H28N4O5/c1-27(2,3)36-26(33)31-23-14-19(28-20-9-6-10-22-24(20)35-15-34-22)13-21(30-23)25(32)29-18-11-16-7-4-5-8-17(16)12-18/h4-10,13-14,18H,11-12,15H2,1-3H3,(H,29,32)(H2,28,30,31,33). The highest BCUT2D eigenvalue weighted by Crippen LogP contribution is 2.40. The number of nitrogens with one attached hydrogen (secondary N) is 3. The van der Waals surface area contributed by atoms with Crippen LogP contribution in [0, 0.1) is 0 Å². The van der Waals surface area contributed by atoms with Gasteiger partial charge < -0.3 is 24.8 Å². The van der Waals surface area contributed by atoms with Gasteiger partial charge in [0.25, 0.3) is 5.91 Å². The van der Waals surface area contributed by atoms with Gasteiger partial charge in [0.05, 0.1) is 5.69 Å². The molecular weight excluding hydrogens is 460 g/mol. The van der Waals surface area contributed by atoms with Crippen molar-refractivity contribution in [1.29, 1.82) is 0 Å². The lowest BCUT2D eigenvalue weighted by Gasteiger charge is -2.20. The number of fused-ring (bicyclic) bond motifs is 2. The molecule has 9 heteroatoms. The minimum atomic E-state index is -0.681. The highest BCUT2D eigenvalue weighted by atomic mass is 16.7. The summed E-state index contributed by atoms with van der Waals surface area (Å²) < 4.78 is 16.4. The molecule has 9 nitrogen and oxygen atoms in total. The maximum atomic E-state index is 13.2. The number of nitrogens with zero attached hydrogens (tertiary/aromatic N) is 1. The van der Waals surface area contributed by atoms with Gasteiger partial charge in [-0.05, 0) is 62.9 Å². The topological polar surface area (TPSA) is 111 Å². The van der Waals surface area contributed by atoms with Gasteiger partial charge in [-0.25, -0.2) is 9.78 Å². The zero-order chi connectivity index (χ0) is 25.3. The Morgan fingerprint density at radius 2 is 1.75 bits per heavy atom. The van der Waals surface area contributed by atoms with Crippen LogP contribution in [0.25, 0.3) is 0 Å². The summed E-state index contributed by atoms with van der Waals surface area (Å²) in [5.74, 6) is 1.05. The van der Waals surface area contributed by atoms with Crippen LogP contribution in [0.2, 0.25) is 0 Å². The second kappa shape index (κ2) is 9.41. The highest BCUT2D eigenvalue weighted by Gasteiger charge is 2.25. The molecule has 1 aliphatic heterocycles. The number of para-hydroxylation sites is 1. The van der Waals surface area contributed by atoms with Crippen molar-refractivity contribution in [1.82, 2.24) is 10.3 Å². The van der Waals surface area contributed by atoms with E-state index in [4.69, 9.17) is 14.2 Å². The number of ether oxygens (including phenoxy) is 3. The van der Waals surface area contributed by atoms with Crippen molar-refractivity contribution in [3.8, 4) is 11.5 Å². The van der Waals surface area contributed by atoms with Gasteiger partial charge >= 0.3 is 6.09 Å². The summed E-state index contributed by atoms with van der Waals surface area (Å²) >= 11 is 0. The third-order valence-electron chi connectivity index (χ3n) is 5.75. The van der Waals surface area contributed by atoms with Crippen molar-refractivity contribution in [2.24, 2.45) is 0 Å². The molecule has 2 aliphatic rings. The quantitative estimate of drug-likeness (QED) is 0.473. The van der Waals surface area contributed by atoms with E-state index in [0.717, 1.165) is 12.8 Å². The van der Waals surface area contributed by atoms with E-state index < -0.39 is 11.7 Å². The molecule has 2 aromatic carbocycles. The first kappa shape index (κ1) is 23.5. The first-order valence-electron chi connectivity index (χ1n) is 11.8. The Balaban J connectivity index is 1.39. The monoisotopic (exact) mass is 488 g/mol. The largest absolute Gasteiger partial charge is 0.454 e. The molecule has 0 saturated heterocycles. The highest BCUT2D eigenvalue weighted by molar-refractivity contribution is 5.95. The molecule has 2 amide bonds. The Kier molecular flexibility index (Phi) is 6.13. The van der Waals surface area contributed by atoms with Crippen LogP contribution in [0.5, 0.6) is 11.5 Å². The van der Waals surface area contributed by atoms with E-state index in [1.807, 2.05) is 30.3 Å². The molecule has 36 heavy (non-hydrogen) atoms. The Labute approximate surface area is 209 Å². The van der Waals surface area contributed by atoms with Gasteiger partial charge in [-0.2, -0.15) is 0 Å². The number of hydrogen-bond donors (Lipinski definition) is 3. The van der Waals surface area contributed by atoms with Gasteiger partial charge in [-0.15, -0.1) is 0 Å². The zero-order valence-electron chi connectivity index (χ0n) is 20.4. The number of carbonyl (C=O) groups is 2. The molecular formula is C27H28N4O5. The molecule has 0 bridgehead atoms. The number of benzene rings is 2. The van der Waals surface area contributed by atoms with Crippen LogP contribution in [0.4, 0.5) is 22.0 Å². The molecule has 0 radical (unpaired) electrons. The fourth-order valence-corrected chi connectivity index (χ4v) is 4.30.